The van der Waals surface area contributed by atoms with Gasteiger partial charge in [-0.3, -0.25) is 4.55 Å². The highest BCUT2D eigenvalue weighted by atomic mass is 32.2. The molecule has 0 spiro atoms. The summed E-state index contributed by atoms with van der Waals surface area (Å²) in [5, 5.41) is 0. The molecule has 4 heteroatoms. The van der Waals surface area contributed by atoms with E-state index in [0.717, 1.165) is 12.8 Å². The van der Waals surface area contributed by atoms with Crippen molar-refractivity contribution in [1.82, 2.24) is 0 Å². The molecule has 0 radical (unpaired) electrons. The number of unbranched alkanes of at least 4 members (excludes halogenated alkanes) is 4. The van der Waals surface area contributed by atoms with Gasteiger partial charge in [-0.05, 0) is 18.8 Å². The molecule has 1 N–H and O–H groups in total. The molecule has 0 aromatic heterocycles. The molecule has 0 bridgehead atoms. The third-order valence-corrected chi connectivity index (χ3v) is 4.11. The van der Waals surface area contributed by atoms with Crippen LogP contribution >= 0.6 is 0 Å². The van der Waals surface area contributed by atoms with Crippen molar-refractivity contribution in [2.45, 2.75) is 71.6 Å². The van der Waals surface area contributed by atoms with Gasteiger partial charge in [0.2, 0.25) is 0 Å². The van der Waals surface area contributed by atoms with Crippen LogP contribution in [0, 0.1) is 5.92 Å². The minimum Gasteiger partial charge on any atom is -0.286 e. The second-order valence-corrected chi connectivity index (χ2v) is 6.48. The lowest BCUT2D eigenvalue weighted by Gasteiger charge is -2.13. The van der Waals surface area contributed by atoms with E-state index in [0.29, 0.717) is 12.3 Å². The zero-order valence-electron chi connectivity index (χ0n) is 11.3. The molecule has 1 atom stereocenters. The molecule has 3 nitrogen and oxygen atoms in total. The maximum absolute atomic E-state index is 10.6. The second kappa shape index (κ2) is 9.89. The number of hydrogen-bond acceptors (Lipinski definition) is 2. The first-order chi connectivity index (χ1) is 7.99. The van der Waals surface area contributed by atoms with Crippen LogP contribution in [0.2, 0.25) is 0 Å². The summed E-state index contributed by atoms with van der Waals surface area (Å²) in [5.74, 6) is 0.540. The van der Waals surface area contributed by atoms with Gasteiger partial charge in [0.1, 0.15) is 0 Å². The van der Waals surface area contributed by atoms with E-state index in [4.69, 9.17) is 4.55 Å². The standard InChI is InChI=1S/C13H28O3S/c1-3-5-6-7-8-10-13(4-2)11-9-12-17(14,15)16/h13H,3-12H2,1-2H3,(H,14,15,16). The van der Waals surface area contributed by atoms with Gasteiger partial charge in [-0.15, -0.1) is 0 Å². The molecular weight excluding hydrogens is 236 g/mol. The summed E-state index contributed by atoms with van der Waals surface area (Å²) in [6.45, 7) is 4.37. The summed E-state index contributed by atoms with van der Waals surface area (Å²) in [6.07, 6.45) is 10.3. The molecule has 0 fully saturated rings. The van der Waals surface area contributed by atoms with E-state index in [2.05, 4.69) is 13.8 Å². The van der Waals surface area contributed by atoms with Crippen molar-refractivity contribution in [3.8, 4) is 0 Å². The Morgan fingerprint density at radius 3 is 2.06 bits per heavy atom. The Hall–Kier alpha value is -0.0900. The lowest BCUT2D eigenvalue weighted by Crippen LogP contribution is -2.07. The molecule has 104 valence electrons. The summed E-state index contributed by atoms with van der Waals surface area (Å²) in [6, 6.07) is 0. The van der Waals surface area contributed by atoms with Gasteiger partial charge < -0.3 is 0 Å². The maximum Gasteiger partial charge on any atom is 0.264 e. The van der Waals surface area contributed by atoms with Crippen LogP contribution in [0.3, 0.4) is 0 Å². The minimum absolute atomic E-state index is 0.0840. The highest BCUT2D eigenvalue weighted by Gasteiger charge is 2.09. The molecule has 0 heterocycles. The monoisotopic (exact) mass is 264 g/mol. The molecular formula is C13H28O3S. The van der Waals surface area contributed by atoms with Crippen LogP contribution in [0.15, 0.2) is 0 Å². The molecule has 0 saturated carbocycles. The van der Waals surface area contributed by atoms with Gasteiger partial charge in [-0.25, -0.2) is 0 Å². The first-order valence-electron chi connectivity index (χ1n) is 6.94. The predicted molar refractivity (Wildman–Crippen MR) is 72.8 cm³/mol. The Morgan fingerprint density at radius 1 is 0.941 bits per heavy atom. The summed E-state index contributed by atoms with van der Waals surface area (Å²) < 4.78 is 29.8. The maximum atomic E-state index is 10.6. The van der Waals surface area contributed by atoms with Crippen LogP contribution < -0.4 is 0 Å². The molecule has 1 unspecified atom stereocenters. The van der Waals surface area contributed by atoms with Crippen LogP contribution in [-0.4, -0.2) is 18.7 Å². The zero-order chi connectivity index (χ0) is 13.1. The molecule has 0 aliphatic carbocycles. The summed E-state index contributed by atoms with van der Waals surface area (Å²) in [4.78, 5) is 0. The largest absolute Gasteiger partial charge is 0.286 e. The van der Waals surface area contributed by atoms with Crippen LogP contribution in [0.1, 0.15) is 71.6 Å². The fourth-order valence-electron chi connectivity index (χ4n) is 2.14. The van der Waals surface area contributed by atoms with Crippen LogP contribution in [-0.2, 0) is 10.1 Å². The van der Waals surface area contributed by atoms with Crippen LogP contribution in [0.25, 0.3) is 0 Å². The highest BCUT2D eigenvalue weighted by molar-refractivity contribution is 7.85. The van der Waals surface area contributed by atoms with Gasteiger partial charge in [0.25, 0.3) is 10.1 Å². The minimum atomic E-state index is -3.76. The van der Waals surface area contributed by atoms with E-state index < -0.39 is 10.1 Å². The van der Waals surface area contributed by atoms with Crippen molar-refractivity contribution in [3.63, 3.8) is 0 Å². The van der Waals surface area contributed by atoms with Gasteiger partial charge in [0.05, 0.1) is 5.75 Å². The van der Waals surface area contributed by atoms with Gasteiger partial charge in [-0.1, -0.05) is 58.8 Å². The fraction of sp³-hybridized carbons (Fsp3) is 1.00. The van der Waals surface area contributed by atoms with Gasteiger partial charge >= 0.3 is 0 Å². The topological polar surface area (TPSA) is 54.4 Å². The van der Waals surface area contributed by atoms with Crippen molar-refractivity contribution in [1.29, 1.82) is 0 Å². The Bertz CT molecular complexity index is 260. The van der Waals surface area contributed by atoms with Crippen molar-refractivity contribution >= 4 is 10.1 Å². The molecule has 17 heavy (non-hydrogen) atoms. The first-order valence-corrected chi connectivity index (χ1v) is 8.55. The van der Waals surface area contributed by atoms with Gasteiger partial charge in [-0.2, -0.15) is 8.42 Å². The molecule has 0 saturated heterocycles. The number of rotatable bonds is 11. The van der Waals surface area contributed by atoms with Gasteiger partial charge in [0, 0.05) is 0 Å². The molecule has 0 rings (SSSR count). The highest BCUT2D eigenvalue weighted by Crippen LogP contribution is 2.19. The zero-order valence-corrected chi connectivity index (χ0v) is 12.1. The molecule has 0 aliphatic rings. The molecule has 0 aromatic carbocycles. The second-order valence-electron chi connectivity index (χ2n) is 4.91. The lowest BCUT2D eigenvalue weighted by atomic mass is 9.94. The lowest BCUT2D eigenvalue weighted by molar-refractivity contribution is 0.405. The quantitative estimate of drug-likeness (QED) is 0.452. The summed E-state index contributed by atoms with van der Waals surface area (Å²) >= 11 is 0. The van der Waals surface area contributed by atoms with Crippen molar-refractivity contribution in [3.05, 3.63) is 0 Å². The van der Waals surface area contributed by atoms with E-state index in [-0.39, 0.29) is 5.75 Å². The van der Waals surface area contributed by atoms with E-state index >= 15 is 0 Å². The summed E-state index contributed by atoms with van der Waals surface area (Å²) in [7, 11) is -3.76. The van der Waals surface area contributed by atoms with Crippen molar-refractivity contribution in [2.24, 2.45) is 5.92 Å². The Morgan fingerprint density at radius 2 is 1.53 bits per heavy atom. The van der Waals surface area contributed by atoms with E-state index in [1.807, 2.05) is 0 Å². The van der Waals surface area contributed by atoms with Crippen LogP contribution in [0.5, 0.6) is 0 Å². The van der Waals surface area contributed by atoms with Crippen LogP contribution in [0.4, 0.5) is 0 Å². The smallest absolute Gasteiger partial charge is 0.264 e. The van der Waals surface area contributed by atoms with Crippen molar-refractivity contribution < 1.29 is 13.0 Å². The average molecular weight is 264 g/mol. The molecule has 0 aromatic rings. The normalized spacial score (nSPS) is 13.8. The van der Waals surface area contributed by atoms with E-state index in [1.54, 1.807) is 0 Å². The number of hydrogen-bond donors (Lipinski definition) is 1. The van der Waals surface area contributed by atoms with E-state index in [1.165, 1.54) is 38.5 Å². The van der Waals surface area contributed by atoms with E-state index in [9.17, 15) is 8.42 Å². The SMILES string of the molecule is CCCCCCCC(CC)CCCS(=O)(=O)O. The van der Waals surface area contributed by atoms with Gasteiger partial charge in [0.15, 0.2) is 0 Å². The third kappa shape index (κ3) is 12.2. The third-order valence-electron chi connectivity index (χ3n) is 3.31. The Labute approximate surface area is 107 Å². The predicted octanol–water partition coefficient (Wildman–Crippen LogP) is 4.04. The van der Waals surface area contributed by atoms with Crippen molar-refractivity contribution in [2.75, 3.05) is 5.75 Å². The molecule has 0 aliphatic heterocycles. The fourth-order valence-corrected chi connectivity index (χ4v) is 2.68. The molecule has 0 amide bonds. The summed E-state index contributed by atoms with van der Waals surface area (Å²) in [5.41, 5.74) is 0. The Kier molecular flexibility index (Phi) is 9.84. The first kappa shape index (κ1) is 16.9. The Balaban J connectivity index is 3.56. The average Bonchev–Trinajstić information content (AvgIpc) is 2.25.